The van der Waals surface area contributed by atoms with Crippen LogP contribution in [0, 0.1) is 29.1 Å². The zero-order valence-corrected chi connectivity index (χ0v) is 23.6. The molecule has 6 aromatic rings. The number of anilines is 6. The molecule has 0 bridgehead atoms. The van der Waals surface area contributed by atoms with Crippen molar-refractivity contribution >= 4 is 47.5 Å². The predicted molar refractivity (Wildman–Crippen MR) is 163 cm³/mol. The standard InChI is InChI=1S/C31H19F5N8S/c32-18-5-1-16(2-6-18)26-15-27(41-31(45)40-26)17-3-9-21(10-4-17)37-28-42-29(38-24-11-7-19(33)13-22(24)35)44-30(43-28)39-25-12-8-20(34)14-23(25)36/h1-15H,(H,40,41,45)(H3,37,38,39,42,43,44). The second-order valence-electron chi connectivity index (χ2n) is 9.45. The fraction of sp³-hybridized carbons (Fsp3) is 0. The lowest BCUT2D eigenvalue weighted by atomic mass is 10.1. The Kier molecular flexibility index (Phi) is 8.20. The van der Waals surface area contributed by atoms with Gasteiger partial charge >= 0.3 is 0 Å². The minimum Gasteiger partial charge on any atom is -0.324 e. The first kappa shape index (κ1) is 29.4. The van der Waals surface area contributed by atoms with E-state index in [-0.39, 0.29) is 40.2 Å². The Balaban J connectivity index is 1.28. The van der Waals surface area contributed by atoms with Gasteiger partial charge in [-0.25, -0.2) is 31.9 Å². The van der Waals surface area contributed by atoms with Crippen molar-refractivity contribution in [3.05, 3.63) is 120 Å². The summed E-state index contributed by atoms with van der Waals surface area (Å²) < 4.78 is 68.9. The Bertz CT molecular complexity index is 1940. The van der Waals surface area contributed by atoms with E-state index >= 15 is 0 Å². The first-order valence-corrected chi connectivity index (χ1v) is 13.5. The van der Waals surface area contributed by atoms with E-state index in [2.05, 4.69) is 53.5 Å². The predicted octanol–water partition coefficient (Wildman–Crippen LogP) is 8.21. The quantitative estimate of drug-likeness (QED) is 0.0759. The average Bonchev–Trinajstić information content (AvgIpc) is 3.00. The number of benzene rings is 4. The number of thiol groups is 1. The number of rotatable bonds is 8. The van der Waals surface area contributed by atoms with Gasteiger partial charge in [0.1, 0.15) is 29.1 Å². The topological polar surface area (TPSA) is 101 Å². The maximum Gasteiger partial charge on any atom is 0.233 e. The number of hydrogen-bond acceptors (Lipinski definition) is 9. The lowest BCUT2D eigenvalue weighted by molar-refractivity contribution is 0.585. The SMILES string of the molecule is Fc1ccc(-c2cc(-c3ccc(Nc4nc(Nc5ccc(F)cc5F)nc(Nc5ccc(F)cc5F)n4)cc3)nc(S)n2)cc1. The van der Waals surface area contributed by atoms with E-state index < -0.39 is 23.3 Å². The summed E-state index contributed by atoms with van der Waals surface area (Å²) in [5.74, 6) is -4.03. The highest BCUT2D eigenvalue weighted by molar-refractivity contribution is 7.80. The average molecular weight is 631 g/mol. The van der Waals surface area contributed by atoms with E-state index in [9.17, 15) is 22.0 Å². The van der Waals surface area contributed by atoms with Gasteiger partial charge in [0, 0.05) is 28.9 Å². The van der Waals surface area contributed by atoms with Gasteiger partial charge in [0.2, 0.25) is 17.8 Å². The molecule has 4 aromatic carbocycles. The zero-order chi connectivity index (χ0) is 31.5. The zero-order valence-electron chi connectivity index (χ0n) is 22.7. The third kappa shape index (κ3) is 7.13. The van der Waals surface area contributed by atoms with Crippen molar-refractivity contribution in [3.8, 4) is 22.5 Å². The molecule has 8 nitrogen and oxygen atoms in total. The Labute approximate surface area is 257 Å². The van der Waals surface area contributed by atoms with E-state index in [0.717, 1.165) is 29.8 Å². The van der Waals surface area contributed by atoms with Gasteiger partial charge in [0.25, 0.3) is 0 Å². The van der Waals surface area contributed by atoms with Crippen molar-refractivity contribution in [1.82, 2.24) is 24.9 Å². The largest absolute Gasteiger partial charge is 0.324 e. The number of nitrogens with zero attached hydrogens (tertiary/aromatic N) is 5. The van der Waals surface area contributed by atoms with Gasteiger partial charge in [-0.1, -0.05) is 12.1 Å². The van der Waals surface area contributed by atoms with Crippen LogP contribution in [0.2, 0.25) is 0 Å². The van der Waals surface area contributed by atoms with Gasteiger partial charge in [0.05, 0.1) is 22.8 Å². The summed E-state index contributed by atoms with van der Waals surface area (Å²) in [5, 5.41) is 8.54. The molecule has 6 rings (SSSR count). The van der Waals surface area contributed by atoms with Crippen LogP contribution in [-0.2, 0) is 0 Å². The van der Waals surface area contributed by atoms with Gasteiger partial charge in [0.15, 0.2) is 5.16 Å². The highest BCUT2D eigenvalue weighted by Crippen LogP contribution is 2.28. The molecule has 0 saturated carbocycles. The van der Waals surface area contributed by atoms with E-state index in [1.165, 1.54) is 12.1 Å². The summed E-state index contributed by atoms with van der Waals surface area (Å²) in [7, 11) is 0. The molecule has 3 N–H and O–H groups in total. The fourth-order valence-electron chi connectivity index (χ4n) is 4.17. The van der Waals surface area contributed by atoms with Crippen molar-refractivity contribution < 1.29 is 22.0 Å². The molecule has 2 aromatic heterocycles. The minimum atomic E-state index is -0.892. The molecule has 0 spiro atoms. The van der Waals surface area contributed by atoms with Gasteiger partial charge in [-0.05, 0) is 66.7 Å². The Morgan fingerprint density at radius 1 is 0.444 bits per heavy atom. The molecule has 2 heterocycles. The van der Waals surface area contributed by atoms with Gasteiger partial charge in [-0.3, -0.25) is 0 Å². The Morgan fingerprint density at radius 3 is 1.33 bits per heavy atom. The molecule has 45 heavy (non-hydrogen) atoms. The third-order valence-corrected chi connectivity index (χ3v) is 6.48. The number of hydrogen-bond donors (Lipinski definition) is 4. The molecule has 0 aliphatic rings. The molecule has 224 valence electrons. The van der Waals surface area contributed by atoms with Crippen LogP contribution in [0.5, 0.6) is 0 Å². The summed E-state index contributed by atoms with van der Waals surface area (Å²) >= 11 is 4.32. The van der Waals surface area contributed by atoms with Crippen LogP contribution in [0.15, 0.2) is 96.2 Å². The molecule has 0 aliphatic carbocycles. The van der Waals surface area contributed by atoms with E-state index in [1.807, 2.05) is 0 Å². The normalized spacial score (nSPS) is 10.9. The number of halogens is 5. The molecule has 0 atom stereocenters. The molecule has 0 aliphatic heterocycles. The van der Waals surface area contributed by atoms with E-state index in [0.29, 0.717) is 34.8 Å². The van der Waals surface area contributed by atoms with Crippen LogP contribution in [0.4, 0.5) is 56.9 Å². The number of aromatic nitrogens is 5. The maximum absolute atomic E-state index is 14.3. The highest BCUT2D eigenvalue weighted by atomic mass is 32.1. The first-order chi connectivity index (χ1) is 21.7. The summed E-state index contributed by atoms with van der Waals surface area (Å²) in [6.45, 7) is 0. The molecule has 0 unspecified atom stereocenters. The van der Waals surface area contributed by atoms with Crippen molar-refractivity contribution in [3.63, 3.8) is 0 Å². The van der Waals surface area contributed by atoms with Crippen molar-refractivity contribution in [2.24, 2.45) is 0 Å². The molecule has 0 saturated heterocycles. The van der Waals surface area contributed by atoms with Gasteiger partial charge < -0.3 is 16.0 Å². The van der Waals surface area contributed by atoms with Crippen LogP contribution in [-0.4, -0.2) is 24.9 Å². The van der Waals surface area contributed by atoms with Gasteiger partial charge in [-0.2, -0.15) is 15.0 Å². The van der Waals surface area contributed by atoms with E-state index in [4.69, 9.17) is 0 Å². The van der Waals surface area contributed by atoms with Crippen LogP contribution in [0.25, 0.3) is 22.5 Å². The second-order valence-corrected chi connectivity index (χ2v) is 9.85. The van der Waals surface area contributed by atoms with Crippen LogP contribution in [0.3, 0.4) is 0 Å². The second kappa shape index (κ2) is 12.5. The summed E-state index contributed by atoms with van der Waals surface area (Å²) in [4.78, 5) is 21.4. The number of nitrogens with one attached hydrogen (secondary N) is 3. The molecule has 0 amide bonds. The molecular weight excluding hydrogens is 611 g/mol. The Hall–Kier alpha value is -5.63. The lowest BCUT2D eigenvalue weighted by Gasteiger charge is -2.13. The maximum atomic E-state index is 14.3. The molecular formula is C31H19F5N8S. The molecule has 0 radical (unpaired) electrons. The first-order valence-electron chi connectivity index (χ1n) is 13.1. The highest BCUT2D eigenvalue weighted by Gasteiger charge is 2.13. The van der Waals surface area contributed by atoms with Crippen LogP contribution >= 0.6 is 12.6 Å². The van der Waals surface area contributed by atoms with Crippen molar-refractivity contribution in [2.45, 2.75) is 5.16 Å². The van der Waals surface area contributed by atoms with Crippen molar-refractivity contribution in [2.75, 3.05) is 16.0 Å². The van der Waals surface area contributed by atoms with Crippen LogP contribution < -0.4 is 16.0 Å². The lowest BCUT2D eigenvalue weighted by Crippen LogP contribution is -2.08. The molecule has 14 heteroatoms. The summed E-state index contributed by atoms with van der Waals surface area (Å²) in [5.41, 5.74) is 2.84. The summed E-state index contributed by atoms with van der Waals surface area (Å²) in [6.07, 6.45) is 0. The van der Waals surface area contributed by atoms with E-state index in [1.54, 1.807) is 42.5 Å². The van der Waals surface area contributed by atoms with Gasteiger partial charge in [-0.15, -0.1) is 12.6 Å². The summed E-state index contributed by atoms with van der Waals surface area (Å²) in [6, 6.07) is 20.4. The van der Waals surface area contributed by atoms with Crippen molar-refractivity contribution in [1.29, 1.82) is 0 Å². The smallest absolute Gasteiger partial charge is 0.233 e. The Morgan fingerprint density at radius 2 is 0.867 bits per heavy atom. The fourth-order valence-corrected chi connectivity index (χ4v) is 4.39. The minimum absolute atomic E-state index is 0.0222. The third-order valence-electron chi connectivity index (χ3n) is 6.28. The monoisotopic (exact) mass is 630 g/mol. The van der Waals surface area contributed by atoms with Crippen LogP contribution in [0.1, 0.15) is 0 Å². The molecule has 0 fully saturated rings.